The van der Waals surface area contributed by atoms with Crippen molar-refractivity contribution in [3.63, 3.8) is 0 Å². The molecular formula is C72H110N4O9S4. The van der Waals surface area contributed by atoms with Crippen molar-refractivity contribution in [1.82, 2.24) is 0 Å². The minimum atomic E-state index is -0.713. The van der Waals surface area contributed by atoms with Crippen LogP contribution in [0.4, 0.5) is 20.0 Å². The van der Waals surface area contributed by atoms with Crippen LogP contribution < -0.4 is 5.73 Å². The predicted octanol–water partition coefficient (Wildman–Crippen LogP) is 22.0. The average molecular weight is 1300 g/mol. The fraction of sp³-hybridized carbons (Fsp3) is 0.667. The van der Waals surface area contributed by atoms with Gasteiger partial charge in [-0.1, -0.05) is 230 Å². The van der Waals surface area contributed by atoms with E-state index in [1.807, 2.05) is 0 Å². The van der Waals surface area contributed by atoms with E-state index in [0.29, 0.717) is 0 Å². The van der Waals surface area contributed by atoms with Gasteiger partial charge in [-0.25, -0.2) is 34.2 Å². The largest absolute Gasteiger partial charge is 0.462 e. The summed E-state index contributed by atoms with van der Waals surface area (Å²) in [7, 11) is 0. The Morgan fingerprint density at radius 1 is 0.326 bits per heavy atom. The number of rotatable bonds is 51. The number of nitrogens with zero attached hydrogens (tertiary/aromatic N) is 3. The van der Waals surface area contributed by atoms with E-state index in [-0.39, 0.29) is 68.7 Å². The van der Waals surface area contributed by atoms with E-state index in [1.165, 1.54) is 164 Å². The van der Waals surface area contributed by atoms with Crippen LogP contribution in [0.2, 0.25) is 0 Å². The lowest BCUT2D eigenvalue weighted by atomic mass is 9.96. The standard InChI is InChI=1S/C72H110N4O9S4/c1-9-17-21-25-29-33-37-41-45-53-54(46-42-38-34-30-26-22-18-10-2)58(86-57(53)49-74-66-62(70(79)83-14-6)61(65(73)88-66)69(78)82-13-5)50-75-67-63(71(80)84-15-7)64(72(81)85-16-8)68(89-67)76-51-59-55(47-43-39-35-31-27-23-19-11-3)56(60(52-77)87-59)48-44-40-36-32-28-24-20-12-4/h49-52H,9-48,73H2,1-8H3/b74-49+,75-50+,76-51+. The highest BCUT2D eigenvalue weighted by molar-refractivity contribution is 7.21. The molecule has 4 rings (SSSR count). The molecule has 0 bridgehead atoms. The lowest BCUT2D eigenvalue weighted by Gasteiger charge is -2.09. The fourth-order valence-corrected chi connectivity index (χ4v) is 15.5. The monoisotopic (exact) mass is 1300 g/mol. The van der Waals surface area contributed by atoms with Crippen LogP contribution >= 0.6 is 45.3 Å². The van der Waals surface area contributed by atoms with Gasteiger partial charge >= 0.3 is 23.9 Å². The molecule has 17 heteroatoms. The van der Waals surface area contributed by atoms with Crippen LogP contribution in [0.5, 0.6) is 0 Å². The molecule has 4 aromatic rings. The van der Waals surface area contributed by atoms with Crippen LogP contribution in [0.15, 0.2) is 15.0 Å². The van der Waals surface area contributed by atoms with E-state index in [4.69, 9.17) is 39.7 Å². The second-order valence-electron chi connectivity index (χ2n) is 23.2. The van der Waals surface area contributed by atoms with E-state index in [0.717, 1.165) is 161 Å². The molecule has 0 aromatic carbocycles. The first-order chi connectivity index (χ1) is 43.5. The number of nitrogen functional groups attached to an aromatic ring is 1. The SMILES string of the molecule is CCCCCCCCCCc1c(C=O)sc(/C=N/c2sc(/N=C/c3sc(/C=N/c4sc(N)c(C(=O)OCC)c4C(=O)OCC)c(CCCCCCCCCC)c3CCCCCCCCCC)c(C(=O)OCC)c2C(=O)OCC)c1CCCCCCCCCC. The summed E-state index contributed by atoms with van der Waals surface area (Å²) in [5.41, 5.74) is 10.9. The molecule has 0 saturated heterocycles. The van der Waals surface area contributed by atoms with Crippen molar-refractivity contribution < 1.29 is 42.9 Å². The second kappa shape index (κ2) is 46.3. The molecule has 13 nitrogen and oxygen atoms in total. The van der Waals surface area contributed by atoms with Crippen LogP contribution in [0.1, 0.15) is 349 Å². The fourth-order valence-electron chi connectivity index (χ4n) is 11.4. The number of anilines is 1. The first kappa shape index (κ1) is 76.6. The molecule has 4 heterocycles. The highest BCUT2D eigenvalue weighted by Gasteiger charge is 2.32. The summed E-state index contributed by atoms with van der Waals surface area (Å²) in [6.07, 6.45) is 47.3. The lowest BCUT2D eigenvalue weighted by molar-refractivity contribution is 0.0481. The van der Waals surface area contributed by atoms with E-state index >= 15 is 0 Å². The van der Waals surface area contributed by atoms with Crippen molar-refractivity contribution in [3.05, 3.63) is 64.0 Å². The van der Waals surface area contributed by atoms with Gasteiger partial charge in [0, 0.05) is 33.3 Å². The molecule has 0 spiro atoms. The number of nitrogens with two attached hydrogens (primary N) is 1. The summed E-state index contributed by atoms with van der Waals surface area (Å²) in [4.78, 5) is 86.9. The summed E-state index contributed by atoms with van der Waals surface area (Å²) < 4.78 is 22.2. The number of aldehydes is 1. The molecule has 0 aliphatic rings. The van der Waals surface area contributed by atoms with Crippen LogP contribution in [0, 0.1) is 0 Å². The molecule has 89 heavy (non-hydrogen) atoms. The van der Waals surface area contributed by atoms with Crippen molar-refractivity contribution in [2.24, 2.45) is 15.0 Å². The Labute approximate surface area is 551 Å². The van der Waals surface area contributed by atoms with Crippen LogP contribution in [-0.4, -0.2) is 75.2 Å². The summed E-state index contributed by atoms with van der Waals surface area (Å²) in [6, 6.07) is 0. The third kappa shape index (κ3) is 26.4. The Morgan fingerprint density at radius 3 is 0.843 bits per heavy atom. The molecule has 0 amide bonds. The molecular weight excluding hydrogens is 1190 g/mol. The number of carbonyl (C=O) groups excluding carboxylic acids is 5. The minimum Gasteiger partial charge on any atom is -0.462 e. The first-order valence-electron chi connectivity index (χ1n) is 34.6. The van der Waals surface area contributed by atoms with Crippen molar-refractivity contribution in [1.29, 1.82) is 0 Å². The molecule has 0 aliphatic carbocycles. The summed E-state index contributed by atoms with van der Waals surface area (Å²) in [5, 5.41) is 0.896. The molecule has 0 atom stereocenters. The van der Waals surface area contributed by atoms with Crippen molar-refractivity contribution >= 4 is 114 Å². The maximum Gasteiger partial charge on any atom is 0.342 e. The molecule has 0 unspecified atom stereocenters. The average Bonchev–Trinajstić information content (AvgIpc) is 4.08. The molecule has 0 saturated carbocycles. The van der Waals surface area contributed by atoms with E-state index < -0.39 is 23.9 Å². The third-order valence-corrected chi connectivity index (χ3v) is 20.4. The zero-order chi connectivity index (χ0) is 64.4. The van der Waals surface area contributed by atoms with Gasteiger partial charge in [0.2, 0.25) is 0 Å². The second-order valence-corrected chi connectivity index (χ2v) is 27.4. The minimum absolute atomic E-state index is 0.00184. The zero-order valence-corrected chi connectivity index (χ0v) is 59.1. The van der Waals surface area contributed by atoms with Gasteiger partial charge in [-0.15, -0.1) is 22.7 Å². The Morgan fingerprint density at radius 2 is 0.562 bits per heavy atom. The van der Waals surface area contributed by atoms with E-state index in [2.05, 4.69) is 27.7 Å². The van der Waals surface area contributed by atoms with E-state index in [1.54, 1.807) is 46.3 Å². The quantitative estimate of drug-likeness (QED) is 0.0147. The van der Waals surface area contributed by atoms with Gasteiger partial charge in [0.05, 0.1) is 31.3 Å². The summed E-state index contributed by atoms with van der Waals surface area (Å²) >= 11 is 5.16. The third-order valence-electron chi connectivity index (χ3n) is 16.2. The van der Waals surface area contributed by atoms with E-state index in [9.17, 15) is 24.0 Å². The summed E-state index contributed by atoms with van der Waals surface area (Å²) in [6.45, 7) is 16.2. The molecule has 496 valence electrons. The lowest BCUT2D eigenvalue weighted by Crippen LogP contribution is -2.13. The molecule has 2 N–H and O–H groups in total. The van der Waals surface area contributed by atoms with Gasteiger partial charge in [-0.2, -0.15) is 0 Å². The molecule has 4 aromatic heterocycles. The first-order valence-corrected chi connectivity index (χ1v) is 37.9. The van der Waals surface area contributed by atoms with Gasteiger partial charge in [-0.05, 0) is 101 Å². The number of esters is 4. The van der Waals surface area contributed by atoms with Gasteiger partial charge in [-0.3, -0.25) is 4.79 Å². The summed E-state index contributed by atoms with van der Waals surface area (Å²) in [5.74, 6) is -2.82. The number of hydrogen-bond donors (Lipinski definition) is 1. The molecule has 0 aliphatic heterocycles. The maximum atomic E-state index is 14.3. The van der Waals surface area contributed by atoms with Gasteiger partial charge in [0.25, 0.3) is 0 Å². The Bertz CT molecular complexity index is 2800. The zero-order valence-electron chi connectivity index (χ0n) is 55.8. The van der Waals surface area contributed by atoms with Gasteiger partial charge < -0.3 is 24.7 Å². The highest BCUT2D eigenvalue weighted by atomic mass is 32.1. The van der Waals surface area contributed by atoms with Gasteiger partial charge in [0.1, 0.15) is 42.3 Å². The van der Waals surface area contributed by atoms with Crippen LogP contribution in [0.3, 0.4) is 0 Å². The van der Waals surface area contributed by atoms with Gasteiger partial charge in [0.15, 0.2) is 6.29 Å². The number of carbonyl (C=O) groups is 5. The van der Waals surface area contributed by atoms with Crippen LogP contribution in [-0.2, 0) is 44.6 Å². The van der Waals surface area contributed by atoms with Crippen molar-refractivity contribution in [3.8, 4) is 0 Å². The highest BCUT2D eigenvalue weighted by Crippen LogP contribution is 2.44. The number of hydrogen-bond acceptors (Lipinski definition) is 17. The van der Waals surface area contributed by atoms with Crippen LogP contribution in [0.25, 0.3) is 0 Å². The maximum absolute atomic E-state index is 14.3. The van der Waals surface area contributed by atoms with Crippen molar-refractivity contribution in [2.75, 3.05) is 32.2 Å². The normalized spacial score (nSPS) is 11.7. The Kier molecular flexibility index (Phi) is 39.8. The predicted molar refractivity (Wildman–Crippen MR) is 378 cm³/mol. The Balaban J connectivity index is 1.92. The number of unbranched alkanes of at least 4 members (excludes halogenated alkanes) is 28. The number of ether oxygens (including phenoxy) is 4. The topological polar surface area (TPSA) is 185 Å². The smallest absolute Gasteiger partial charge is 0.342 e. The number of aliphatic imine (C=N–C) groups is 3. The molecule has 0 radical (unpaired) electrons. The van der Waals surface area contributed by atoms with Crippen molar-refractivity contribution in [2.45, 2.75) is 287 Å². The Hall–Kier alpha value is -4.84. The molecule has 0 fully saturated rings. The number of thiophene rings is 4.